The molecule has 0 saturated carbocycles. The molecule has 0 bridgehead atoms. The lowest BCUT2D eigenvalue weighted by molar-refractivity contribution is -0.136. The predicted octanol–water partition coefficient (Wildman–Crippen LogP) is 2.70. The highest BCUT2D eigenvalue weighted by atomic mass is 19.4. The van der Waals surface area contributed by atoms with Gasteiger partial charge in [0.25, 0.3) is 5.91 Å². The van der Waals surface area contributed by atoms with E-state index in [9.17, 15) is 32.3 Å². The standard InChI is InChI=1S/C25H29F4N7O5/c1-12(2)4-14(10-37)41-24(39)35-8-17(26)18(9-35)34-22(38)15-5-13(7-31-23(15)40-3)19-6-16(25(27,28)29)20-21(30)32-11-33-36(19)20/h5-7,11-12,14,17-18,37H,4,8-10H2,1-3H3,(H,34,38)(H2,30,32,33)/t14-,17+,18-/m1/s1. The van der Waals surface area contributed by atoms with Gasteiger partial charge in [0.1, 0.15) is 29.7 Å². The fraction of sp³-hybridized carbons (Fsp3) is 0.480. The first-order valence-corrected chi connectivity index (χ1v) is 12.6. The number of aromatic nitrogens is 4. The topological polar surface area (TPSA) is 157 Å². The molecule has 0 aromatic carbocycles. The molecule has 16 heteroatoms. The minimum absolute atomic E-state index is 0.0631. The summed E-state index contributed by atoms with van der Waals surface area (Å²) in [6.07, 6.45) is -5.41. The molecule has 1 aliphatic heterocycles. The first kappa shape index (κ1) is 29.8. The molecule has 4 rings (SSSR count). The molecule has 3 aromatic heterocycles. The number of amides is 2. The number of rotatable bonds is 8. The summed E-state index contributed by atoms with van der Waals surface area (Å²) in [4.78, 5) is 34.5. The fourth-order valence-corrected chi connectivity index (χ4v) is 4.61. The number of hydrogen-bond acceptors (Lipinski definition) is 9. The van der Waals surface area contributed by atoms with Crippen molar-refractivity contribution < 1.29 is 41.7 Å². The average molecular weight is 584 g/mol. The molecule has 1 saturated heterocycles. The Bertz CT molecular complexity index is 1430. The van der Waals surface area contributed by atoms with Crippen LogP contribution in [0.3, 0.4) is 0 Å². The zero-order valence-corrected chi connectivity index (χ0v) is 22.4. The first-order chi connectivity index (χ1) is 19.3. The van der Waals surface area contributed by atoms with Gasteiger partial charge in [-0.2, -0.15) is 18.3 Å². The third kappa shape index (κ3) is 6.26. The van der Waals surface area contributed by atoms with Gasteiger partial charge in [0, 0.05) is 18.3 Å². The summed E-state index contributed by atoms with van der Waals surface area (Å²) in [5.41, 5.74) is 3.95. The van der Waals surface area contributed by atoms with Gasteiger partial charge in [0.2, 0.25) is 5.88 Å². The molecule has 41 heavy (non-hydrogen) atoms. The molecule has 2 amide bonds. The summed E-state index contributed by atoms with van der Waals surface area (Å²) in [6.45, 7) is 2.84. The van der Waals surface area contributed by atoms with E-state index in [0.717, 1.165) is 21.8 Å². The number of hydrogen-bond donors (Lipinski definition) is 3. The molecule has 0 aliphatic carbocycles. The number of likely N-dealkylation sites (tertiary alicyclic amines) is 1. The van der Waals surface area contributed by atoms with Gasteiger partial charge >= 0.3 is 12.3 Å². The SMILES string of the molecule is COc1ncc(-c2cc(C(F)(F)F)c3c(N)ncnn23)cc1C(=O)N[C@@H]1CN(C(=O)O[C@@H](CO)CC(C)C)C[C@@H]1F. The summed E-state index contributed by atoms with van der Waals surface area (Å²) in [5, 5.41) is 15.8. The molecule has 3 atom stereocenters. The summed E-state index contributed by atoms with van der Waals surface area (Å²) < 4.78 is 67.5. The lowest BCUT2D eigenvalue weighted by atomic mass is 10.1. The molecule has 0 spiro atoms. The third-order valence-corrected chi connectivity index (χ3v) is 6.50. The molecule has 4 heterocycles. The van der Waals surface area contributed by atoms with Crippen molar-refractivity contribution in [3.8, 4) is 17.1 Å². The van der Waals surface area contributed by atoms with Gasteiger partial charge in [0.15, 0.2) is 5.82 Å². The van der Waals surface area contributed by atoms with Crippen molar-refractivity contribution in [3.63, 3.8) is 0 Å². The number of aliphatic hydroxyl groups is 1. The highest BCUT2D eigenvalue weighted by Gasteiger charge is 2.39. The van der Waals surface area contributed by atoms with Crippen LogP contribution in [-0.4, -0.2) is 86.7 Å². The number of aliphatic hydroxyl groups excluding tert-OH is 1. The number of nitrogen functional groups attached to an aromatic ring is 1. The van der Waals surface area contributed by atoms with E-state index in [0.29, 0.717) is 6.42 Å². The lowest BCUT2D eigenvalue weighted by Gasteiger charge is -2.22. The second-order valence-corrected chi connectivity index (χ2v) is 9.95. The molecular weight excluding hydrogens is 554 g/mol. The molecular formula is C25H29F4N7O5. The van der Waals surface area contributed by atoms with Gasteiger partial charge in [-0.25, -0.2) is 23.7 Å². The Morgan fingerprint density at radius 2 is 1.98 bits per heavy atom. The number of carbonyl (C=O) groups is 2. The van der Waals surface area contributed by atoms with Crippen LogP contribution in [0.1, 0.15) is 36.2 Å². The van der Waals surface area contributed by atoms with Crippen molar-refractivity contribution in [2.45, 2.75) is 44.8 Å². The zero-order chi connectivity index (χ0) is 30.1. The molecule has 3 aromatic rings. The van der Waals surface area contributed by atoms with Crippen LogP contribution in [-0.2, 0) is 10.9 Å². The highest BCUT2D eigenvalue weighted by Crippen LogP contribution is 2.39. The Morgan fingerprint density at radius 1 is 1.24 bits per heavy atom. The normalized spacial score (nSPS) is 18.1. The van der Waals surface area contributed by atoms with E-state index < -0.39 is 53.4 Å². The van der Waals surface area contributed by atoms with Crippen LogP contribution in [0.25, 0.3) is 16.8 Å². The predicted molar refractivity (Wildman–Crippen MR) is 137 cm³/mol. The number of anilines is 1. The second-order valence-electron chi connectivity index (χ2n) is 9.95. The minimum atomic E-state index is -4.78. The Kier molecular flexibility index (Phi) is 8.51. The van der Waals surface area contributed by atoms with Gasteiger partial charge in [-0.05, 0) is 24.5 Å². The number of pyridine rings is 1. The van der Waals surface area contributed by atoms with E-state index in [-0.39, 0.29) is 48.3 Å². The number of fused-ring (bicyclic) bond motifs is 1. The number of methoxy groups -OCH3 is 1. The summed E-state index contributed by atoms with van der Waals surface area (Å²) >= 11 is 0. The third-order valence-electron chi connectivity index (χ3n) is 6.50. The van der Waals surface area contributed by atoms with E-state index in [4.69, 9.17) is 15.2 Å². The van der Waals surface area contributed by atoms with Gasteiger partial charge in [-0.1, -0.05) is 13.8 Å². The maximum atomic E-state index is 14.9. The molecule has 0 unspecified atom stereocenters. The van der Waals surface area contributed by atoms with Crippen molar-refractivity contribution in [1.29, 1.82) is 0 Å². The Labute approximate surface area is 231 Å². The Hall–Kier alpha value is -4.21. The van der Waals surface area contributed by atoms with Crippen LogP contribution in [0.2, 0.25) is 0 Å². The molecule has 12 nitrogen and oxygen atoms in total. The van der Waals surface area contributed by atoms with Gasteiger partial charge in [0.05, 0.1) is 37.6 Å². The smallest absolute Gasteiger partial charge is 0.418 e. The number of nitrogens with zero attached hydrogens (tertiary/aromatic N) is 5. The fourth-order valence-electron chi connectivity index (χ4n) is 4.61. The summed E-state index contributed by atoms with van der Waals surface area (Å²) in [6, 6.07) is 0.912. The van der Waals surface area contributed by atoms with Gasteiger partial charge < -0.3 is 30.5 Å². The largest absolute Gasteiger partial charge is 0.480 e. The van der Waals surface area contributed by atoms with E-state index in [1.54, 1.807) is 0 Å². The molecule has 0 radical (unpaired) electrons. The van der Waals surface area contributed by atoms with Gasteiger partial charge in [-0.15, -0.1) is 0 Å². The Balaban J connectivity index is 1.58. The van der Waals surface area contributed by atoms with Crippen LogP contribution in [0.15, 0.2) is 24.7 Å². The van der Waals surface area contributed by atoms with Crippen LogP contribution < -0.4 is 15.8 Å². The van der Waals surface area contributed by atoms with Crippen molar-refractivity contribution >= 4 is 23.3 Å². The van der Waals surface area contributed by atoms with Crippen LogP contribution >= 0.6 is 0 Å². The van der Waals surface area contributed by atoms with Crippen LogP contribution in [0.5, 0.6) is 5.88 Å². The summed E-state index contributed by atoms with van der Waals surface area (Å²) in [7, 11) is 1.24. The maximum Gasteiger partial charge on any atom is 0.418 e. The minimum Gasteiger partial charge on any atom is -0.480 e. The second kappa shape index (κ2) is 11.7. The van der Waals surface area contributed by atoms with Crippen molar-refractivity contribution in [2.75, 3.05) is 32.5 Å². The number of alkyl halides is 4. The zero-order valence-electron chi connectivity index (χ0n) is 22.4. The maximum absolute atomic E-state index is 14.9. The van der Waals surface area contributed by atoms with Crippen molar-refractivity contribution in [1.82, 2.24) is 29.8 Å². The van der Waals surface area contributed by atoms with E-state index in [1.807, 2.05) is 13.8 Å². The van der Waals surface area contributed by atoms with Crippen molar-refractivity contribution in [2.24, 2.45) is 5.92 Å². The van der Waals surface area contributed by atoms with Crippen LogP contribution in [0.4, 0.5) is 28.2 Å². The van der Waals surface area contributed by atoms with Crippen molar-refractivity contribution in [3.05, 3.63) is 35.8 Å². The van der Waals surface area contributed by atoms with E-state index in [2.05, 4.69) is 20.4 Å². The van der Waals surface area contributed by atoms with Crippen LogP contribution in [0, 0.1) is 5.92 Å². The van der Waals surface area contributed by atoms with E-state index in [1.165, 1.54) is 19.4 Å². The molecule has 222 valence electrons. The quantitative estimate of drug-likeness (QED) is 0.339. The number of ether oxygens (including phenoxy) is 2. The van der Waals surface area contributed by atoms with Gasteiger partial charge in [-0.3, -0.25) is 4.79 Å². The number of carbonyl (C=O) groups excluding carboxylic acids is 2. The highest BCUT2D eigenvalue weighted by molar-refractivity contribution is 5.98. The molecule has 1 aliphatic rings. The number of halogens is 4. The number of nitrogens with one attached hydrogen (secondary N) is 1. The number of nitrogens with two attached hydrogens (primary N) is 1. The first-order valence-electron chi connectivity index (χ1n) is 12.6. The summed E-state index contributed by atoms with van der Waals surface area (Å²) in [5.74, 6) is -1.25. The molecule has 4 N–H and O–H groups in total. The molecule has 1 fully saturated rings. The monoisotopic (exact) mass is 583 g/mol. The average Bonchev–Trinajstić information content (AvgIpc) is 3.49. The Morgan fingerprint density at radius 3 is 2.61 bits per heavy atom. The van der Waals surface area contributed by atoms with E-state index >= 15 is 0 Å². The lowest BCUT2D eigenvalue weighted by Crippen LogP contribution is -2.42.